The van der Waals surface area contributed by atoms with Gasteiger partial charge in [0.05, 0.1) is 12.8 Å². The first-order valence-corrected chi connectivity index (χ1v) is 8.17. The summed E-state index contributed by atoms with van der Waals surface area (Å²) in [5.41, 5.74) is 5.19. The van der Waals surface area contributed by atoms with Gasteiger partial charge in [-0.25, -0.2) is 0 Å². The third kappa shape index (κ3) is 3.37. The van der Waals surface area contributed by atoms with Crippen molar-refractivity contribution in [2.45, 2.75) is 54.4 Å². The molecule has 0 aromatic carbocycles. The fraction of sp³-hybridized carbons (Fsp3) is 0.500. The first-order valence-electron chi connectivity index (χ1n) is 8.17. The zero-order chi connectivity index (χ0) is 18.4. The molecule has 0 saturated carbocycles. The van der Waals surface area contributed by atoms with Gasteiger partial charge in [0.25, 0.3) is 0 Å². The molecule has 0 aromatic heterocycles. The minimum Gasteiger partial charge on any atom is -0.481 e. The summed E-state index contributed by atoms with van der Waals surface area (Å²) in [4.78, 5) is 22.6. The highest BCUT2D eigenvalue weighted by Crippen LogP contribution is 2.52. The number of hydrogen-bond donors (Lipinski definition) is 2. The Morgan fingerprint density at radius 3 is 1.83 bits per heavy atom. The lowest BCUT2D eigenvalue weighted by atomic mass is 9.80. The van der Waals surface area contributed by atoms with E-state index in [0.717, 1.165) is 22.3 Å². The second-order valence-electron chi connectivity index (χ2n) is 8.55. The molecule has 2 N–H and O–H groups in total. The summed E-state index contributed by atoms with van der Waals surface area (Å²) in [6, 6.07) is 0. The van der Waals surface area contributed by atoms with E-state index < -0.39 is 11.9 Å². The van der Waals surface area contributed by atoms with E-state index in [0.29, 0.717) is 11.1 Å². The molecule has 4 heteroatoms. The fourth-order valence-electron chi connectivity index (χ4n) is 3.36. The molecule has 2 aliphatic rings. The number of allylic oxidation sites excluding steroid dienone is 6. The van der Waals surface area contributed by atoms with Crippen LogP contribution in [0.4, 0.5) is 0 Å². The monoisotopic (exact) mass is 330 g/mol. The van der Waals surface area contributed by atoms with Crippen molar-refractivity contribution in [3.8, 4) is 0 Å². The molecule has 0 saturated heterocycles. The van der Waals surface area contributed by atoms with E-state index in [1.54, 1.807) is 0 Å². The van der Waals surface area contributed by atoms with E-state index in [1.165, 1.54) is 0 Å². The van der Waals surface area contributed by atoms with Crippen LogP contribution in [-0.2, 0) is 9.59 Å². The van der Waals surface area contributed by atoms with Gasteiger partial charge in [-0.1, -0.05) is 47.6 Å². The Bertz CT molecular complexity index is 729. The maximum Gasteiger partial charge on any atom is 0.307 e. The molecule has 0 radical (unpaired) electrons. The van der Waals surface area contributed by atoms with Crippen molar-refractivity contribution in [1.82, 2.24) is 0 Å². The Kier molecular flexibility index (Phi) is 4.38. The number of carbonyl (C=O) groups is 2. The zero-order valence-electron chi connectivity index (χ0n) is 15.3. The predicted molar refractivity (Wildman–Crippen MR) is 93.6 cm³/mol. The van der Waals surface area contributed by atoms with Gasteiger partial charge in [0, 0.05) is 0 Å². The molecule has 130 valence electrons. The van der Waals surface area contributed by atoms with Crippen molar-refractivity contribution < 1.29 is 19.8 Å². The summed E-state index contributed by atoms with van der Waals surface area (Å²) in [6.45, 7) is 12.7. The average Bonchev–Trinajstić information content (AvgIpc) is 2.85. The summed E-state index contributed by atoms with van der Waals surface area (Å²) in [6.07, 6.45) is 3.76. The maximum atomic E-state index is 11.4. The molecule has 24 heavy (non-hydrogen) atoms. The molecule has 0 spiro atoms. The highest BCUT2D eigenvalue weighted by Gasteiger charge is 2.38. The molecule has 0 aromatic rings. The van der Waals surface area contributed by atoms with Crippen molar-refractivity contribution in [2.24, 2.45) is 10.8 Å². The molecule has 2 aliphatic carbocycles. The van der Waals surface area contributed by atoms with Crippen LogP contribution in [0, 0.1) is 10.8 Å². The lowest BCUT2D eigenvalue weighted by Crippen LogP contribution is -2.12. The van der Waals surface area contributed by atoms with Gasteiger partial charge < -0.3 is 10.2 Å². The van der Waals surface area contributed by atoms with Crippen LogP contribution in [0.5, 0.6) is 0 Å². The van der Waals surface area contributed by atoms with E-state index in [2.05, 4.69) is 47.6 Å². The van der Waals surface area contributed by atoms with Gasteiger partial charge in [0.2, 0.25) is 0 Å². The Morgan fingerprint density at radius 1 is 0.875 bits per heavy atom. The Morgan fingerprint density at radius 2 is 1.42 bits per heavy atom. The topological polar surface area (TPSA) is 74.6 Å². The van der Waals surface area contributed by atoms with Crippen molar-refractivity contribution in [3.63, 3.8) is 0 Å². The molecule has 0 heterocycles. The quantitative estimate of drug-likeness (QED) is 0.796. The number of aliphatic carboxylic acids is 2. The van der Waals surface area contributed by atoms with Gasteiger partial charge in [-0.2, -0.15) is 0 Å². The van der Waals surface area contributed by atoms with Crippen LogP contribution in [0.25, 0.3) is 0 Å². The summed E-state index contributed by atoms with van der Waals surface area (Å²) in [5.74, 6) is -1.88. The number of carboxylic acid groups (broad SMARTS) is 2. The van der Waals surface area contributed by atoms with Gasteiger partial charge in [-0.15, -0.1) is 0 Å². The van der Waals surface area contributed by atoms with Crippen LogP contribution in [0.2, 0.25) is 0 Å². The molecular formula is C20H26O4. The van der Waals surface area contributed by atoms with E-state index in [4.69, 9.17) is 0 Å². The number of carboxylic acids is 2. The summed E-state index contributed by atoms with van der Waals surface area (Å²) >= 11 is 0. The summed E-state index contributed by atoms with van der Waals surface area (Å²) in [5, 5.41) is 18.5. The highest BCUT2D eigenvalue weighted by molar-refractivity contribution is 5.83. The van der Waals surface area contributed by atoms with Crippen LogP contribution >= 0.6 is 0 Å². The van der Waals surface area contributed by atoms with E-state index in [9.17, 15) is 19.8 Å². The number of rotatable bonds is 4. The van der Waals surface area contributed by atoms with Crippen LogP contribution in [0.1, 0.15) is 54.4 Å². The smallest absolute Gasteiger partial charge is 0.307 e. The van der Waals surface area contributed by atoms with Crippen LogP contribution in [0.3, 0.4) is 0 Å². The van der Waals surface area contributed by atoms with E-state index in [1.807, 2.05) is 6.08 Å². The van der Waals surface area contributed by atoms with E-state index >= 15 is 0 Å². The van der Waals surface area contributed by atoms with E-state index in [-0.39, 0.29) is 23.7 Å². The molecule has 0 fully saturated rings. The molecule has 4 nitrogen and oxygen atoms in total. The molecule has 0 unspecified atom stereocenters. The normalized spacial score (nSPS) is 17.9. The molecular weight excluding hydrogens is 304 g/mol. The lowest BCUT2D eigenvalue weighted by molar-refractivity contribution is -0.137. The molecule has 0 atom stereocenters. The van der Waals surface area contributed by atoms with Crippen molar-refractivity contribution in [3.05, 3.63) is 45.6 Å². The first kappa shape index (κ1) is 18.2. The highest BCUT2D eigenvalue weighted by atomic mass is 16.4. The Hall–Kier alpha value is -2.10. The molecule has 0 amide bonds. The average molecular weight is 330 g/mol. The van der Waals surface area contributed by atoms with Crippen molar-refractivity contribution in [1.29, 1.82) is 0 Å². The van der Waals surface area contributed by atoms with Crippen LogP contribution in [-0.4, -0.2) is 22.2 Å². The predicted octanol–water partition coefficient (Wildman–Crippen LogP) is 4.50. The standard InChI is InChI=1S/C20H26O4/c1-19(2,3)14-10-15(20(4,5)6)18-12(9-17(23)24)11(7-13(14)18)8-16(21)22/h7,10H,8-9H2,1-6H3,(H,21,22)(H,23,24). The lowest BCUT2D eigenvalue weighted by Gasteiger charge is -2.24. The molecule has 0 bridgehead atoms. The first-order chi connectivity index (χ1) is 10.8. The third-order valence-corrected chi connectivity index (χ3v) is 4.41. The summed E-state index contributed by atoms with van der Waals surface area (Å²) in [7, 11) is 0. The van der Waals surface area contributed by atoms with Gasteiger partial charge in [-0.05, 0) is 50.3 Å². The third-order valence-electron chi connectivity index (χ3n) is 4.41. The largest absolute Gasteiger partial charge is 0.481 e. The zero-order valence-corrected chi connectivity index (χ0v) is 15.3. The minimum absolute atomic E-state index is 0.100. The molecule has 2 rings (SSSR count). The van der Waals surface area contributed by atoms with Gasteiger partial charge in [-0.3, -0.25) is 9.59 Å². The van der Waals surface area contributed by atoms with Gasteiger partial charge in [0.15, 0.2) is 0 Å². The minimum atomic E-state index is -0.941. The second-order valence-corrected chi connectivity index (χ2v) is 8.55. The number of hydrogen-bond acceptors (Lipinski definition) is 2. The maximum absolute atomic E-state index is 11.4. The van der Waals surface area contributed by atoms with Crippen LogP contribution < -0.4 is 0 Å². The van der Waals surface area contributed by atoms with Gasteiger partial charge in [0.1, 0.15) is 0 Å². The number of fused-ring (bicyclic) bond motifs is 1. The van der Waals surface area contributed by atoms with Crippen molar-refractivity contribution >= 4 is 11.9 Å². The fourth-order valence-corrected chi connectivity index (χ4v) is 3.36. The van der Waals surface area contributed by atoms with Crippen molar-refractivity contribution in [2.75, 3.05) is 0 Å². The summed E-state index contributed by atoms with van der Waals surface area (Å²) < 4.78 is 0. The second kappa shape index (κ2) is 5.76. The van der Waals surface area contributed by atoms with Gasteiger partial charge >= 0.3 is 11.9 Å². The Labute approximate surface area is 143 Å². The molecule has 0 aliphatic heterocycles. The Balaban J connectivity index is 2.73. The van der Waals surface area contributed by atoms with Crippen LogP contribution in [0.15, 0.2) is 45.6 Å². The SMILES string of the molecule is CC(C)(C)C1=CC(C(C)(C)C)=C2C=C(CC(=O)O)C(CC(=O)O)=C12.